The molecule has 0 saturated heterocycles. The van der Waals surface area contributed by atoms with Crippen molar-refractivity contribution in [3.63, 3.8) is 0 Å². The minimum Gasteiger partial charge on any atom is -0.390 e. The van der Waals surface area contributed by atoms with E-state index >= 15 is 0 Å². The predicted molar refractivity (Wildman–Crippen MR) is 123 cm³/mol. The van der Waals surface area contributed by atoms with Crippen LogP contribution in [0.4, 0.5) is 11.6 Å². The van der Waals surface area contributed by atoms with Crippen LogP contribution < -0.4 is 11.5 Å². The summed E-state index contributed by atoms with van der Waals surface area (Å²) in [5.74, 6) is 1.11. The van der Waals surface area contributed by atoms with Gasteiger partial charge in [-0.25, -0.2) is 15.0 Å². The molecule has 3 heterocycles. The highest BCUT2D eigenvalue weighted by Crippen LogP contribution is 2.64. The Kier molecular flexibility index (Phi) is 4.18. The smallest absolute Gasteiger partial charge is 0.145 e. The molecule has 8 nitrogen and oxygen atoms in total. The number of rotatable bonds is 4. The zero-order chi connectivity index (χ0) is 22.0. The van der Waals surface area contributed by atoms with Gasteiger partial charge in [0.15, 0.2) is 0 Å². The third kappa shape index (κ3) is 2.66. The highest BCUT2D eigenvalue weighted by atomic mass is 16.3. The second-order valence-electron chi connectivity index (χ2n) is 9.29. The van der Waals surface area contributed by atoms with Crippen molar-refractivity contribution in [1.82, 2.24) is 19.5 Å². The second kappa shape index (κ2) is 6.88. The van der Waals surface area contributed by atoms with Crippen LogP contribution >= 0.6 is 0 Å². The molecule has 0 unspecified atom stereocenters. The molecular weight excluding hydrogens is 404 g/mol. The Bertz CT molecular complexity index is 1340. The minimum atomic E-state index is -0.854. The lowest BCUT2D eigenvalue weighted by molar-refractivity contribution is -0.0742. The fourth-order valence-electron chi connectivity index (χ4n) is 6.08. The van der Waals surface area contributed by atoms with E-state index in [1.165, 1.54) is 6.33 Å². The third-order valence-corrected chi connectivity index (χ3v) is 7.85. The van der Waals surface area contributed by atoms with Crippen LogP contribution in [-0.4, -0.2) is 41.9 Å². The summed E-state index contributed by atoms with van der Waals surface area (Å²) >= 11 is 0. The van der Waals surface area contributed by atoms with E-state index in [0.29, 0.717) is 17.3 Å². The van der Waals surface area contributed by atoms with E-state index in [0.717, 1.165) is 47.5 Å². The molecule has 0 bridgehead atoms. The van der Waals surface area contributed by atoms with Crippen molar-refractivity contribution >= 4 is 33.6 Å². The van der Waals surface area contributed by atoms with Crippen LogP contribution in [0.25, 0.3) is 21.9 Å². The normalized spacial score (nSPS) is 29.3. The van der Waals surface area contributed by atoms with Crippen molar-refractivity contribution in [3.05, 3.63) is 54.5 Å². The van der Waals surface area contributed by atoms with Crippen LogP contribution in [0.5, 0.6) is 0 Å². The third-order valence-electron chi connectivity index (χ3n) is 7.85. The number of nitrogen functional groups attached to an aromatic ring is 2. The van der Waals surface area contributed by atoms with Crippen LogP contribution in [0.2, 0.25) is 0 Å². The second-order valence-corrected chi connectivity index (χ2v) is 9.29. The number of nitrogens with zero attached hydrogens (tertiary/aromatic N) is 4. The monoisotopic (exact) mass is 430 g/mol. The van der Waals surface area contributed by atoms with Gasteiger partial charge in [-0.3, -0.25) is 0 Å². The number of aliphatic hydroxyl groups is 2. The molecule has 6 rings (SSSR count). The van der Waals surface area contributed by atoms with Gasteiger partial charge in [0.2, 0.25) is 0 Å². The molecule has 0 amide bonds. The molecule has 2 saturated carbocycles. The maximum atomic E-state index is 11.2. The Balaban J connectivity index is 1.30. The highest BCUT2D eigenvalue weighted by Gasteiger charge is 2.64. The van der Waals surface area contributed by atoms with E-state index < -0.39 is 12.2 Å². The first-order valence-corrected chi connectivity index (χ1v) is 11.1. The van der Waals surface area contributed by atoms with E-state index in [9.17, 15) is 10.2 Å². The van der Waals surface area contributed by atoms with E-state index in [4.69, 9.17) is 11.5 Å². The SMILES string of the molecule is Nc1ccc2ccc(CC[C@@]34CC[C@@H]3[C@@H](n3ccc5c(N)ncnc53)[C@H](O)[C@@H]4O)cc2n1. The Morgan fingerprint density at radius 3 is 2.75 bits per heavy atom. The van der Waals surface area contributed by atoms with Crippen LogP contribution in [0, 0.1) is 11.3 Å². The van der Waals surface area contributed by atoms with Crippen molar-refractivity contribution < 1.29 is 10.2 Å². The number of pyridine rings is 1. The molecule has 3 aromatic heterocycles. The standard InChI is InChI=1S/C24H26N6O2/c25-18-4-3-14-2-1-13(11-17(14)29-18)5-8-24-9-6-16(24)19(20(31)21(24)32)30-10-7-15-22(26)27-12-28-23(15)30/h1-4,7,10-12,16,19-21,31-32H,5-6,8-9H2,(H2,25,29)(H2,26,27,28)/t16-,19-,20+,21+,24-/m1/s1. The Morgan fingerprint density at radius 2 is 1.94 bits per heavy atom. The number of hydrogen-bond acceptors (Lipinski definition) is 7. The van der Waals surface area contributed by atoms with Crippen LogP contribution in [0.3, 0.4) is 0 Å². The van der Waals surface area contributed by atoms with Crippen LogP contribution in [-0.2, 0) is 6.42 Å². The van der Waals surface area contributed by atoms with Gasteiger partial charge >= 0.3 is 0 Å². The van der Waals surface area contributed by atoms with Crippen molar-refractivity contribution in [2.75, 3.05) is 11.5 Å². The molecule has 0 spiro atoms. The first kappa shape index (κ1) is 19.5. The van der Waals surface area contributed by atoms with Gasteiger partial charge in [-0.2, -0.15) is 0 Å². The lowest BCUT2D eigenvalue weighted by atomic mass is 9.58. The average Bonchev–Trinajstić information content (AvgIpc) is 3.25. The van der Waals surface area contributed by atoms with Crippen LogP contribution in [0.15, 0.2) is 48.9 Å². The van der Waals surface area contributed by atoms with E-state index in [-0.39, 0.29) is 17.4 Å². The van der Waals surface area contributed by atoms with Crippen molar-refractivity contribution in [2.45, 2.75) is 43.9 Å². The number of hydrogen-bond donors (Lipinski definition) is 4. The molecule has 0 radical (unpaired) electrons. The molecule has 5 atom stereocenters. The minimum absolute atomic E-state index is 0.175. The molecule has 1 aromatic carbocycles. The molecule has 6 N–H and O–H groups in total. The molecule has 2 fully saturated rings. The molecule has 164 valence electrons. The quantitative estimate of drug-likeness (QED) is 0.390. The predicted octanol–water partition coefficient (Wildman–Crippen LogP) is 2.45. The number of aromatic nitrogens is 4. The Hall–Kier alpha value is -3.23. The molecule has 2 aliphatic carbocycles. The number of aliphatic hydroxyl groups excluding tert-OH is 2. The average molecular weight is 431 g/mol. The summed E-state index contributed by atoms with van der Waals surface area (Å²) < 4.78 is 1.98. The fraction of sp³-hybridized carbons (Fsp3) is 0.375. The van der Waals surface area contributed by atoms with Crippen molar-refractivity contribution in [1.29, 1.82) is 0 Å². The Morgan fingerprint density at radius 1 is 1.09 bits per heavy atom. The number of anilines is 2. The number of nitrogens with two attached hydrogens (primary N) is 2. The largest absolute Gasteiger partial charge is 0.390 e. The van der Waals surface area contributed by atoms with E-state index in [1.807, 2.05) is 22.9 Å². The zero-order valence-corrected chi connectivity index (χ0v) is 17.6. The summed E-state index contributed by atoms with van der Waals surface area (Å²) in [6, 6.07) is 11.7. The maximum Gasteiger partial charge on any atom is 0.145 e. The summed E-state index contributed by atoms with van der Waals surface area (Å²) in [5, 5.41) is 24.1. The van der Waals surface area contributed by atoms with Gasteiger partial charge in [-0.05, 0) is 61.4 Å². The zero-order valence-electron chi connectivity index (χ0n) is 17.6. The Labute approximate surface area is 184 Å². The first-order chi connectivity index (χ1) is 15.5. The van der Waals surface area contributed by atoms with Gasteiger partial charge in [-0.1, -0.05) is 12.1 Å². The highest BCUT2D eigenvalue weighted by molar-refractivity contribution is 5.86. The summed E-state index contributed by atoms with van der Waals surface area (Å²) in [5.41, 5.74) is 14.3. The number of fused-ring (bicyclic) bond motifs is 3. The van der Waals surface area contributed by atoms with Crippen LogP contribution in [0.1, 0.15) is 30.9 Å². The molecule has 8 heteroatoms. The topological polar surface area (TPSA) is 136 Å². The fourth-order valence-corrected chi connectivity index (χ4v) is 6.08. The summed E-state index contributed by atoms with van der Waals surface area (Å²) in [7, 11) is 0. The van der Waals surface area contributed by atoms with Gasteiger partial charge in [0.1, 0.15) is 29.7 Å². The summed E-state index contributed by atoms with van der Waals surface area (Å²) in [6.07, 6.45) is 5.20. The number of aryl methyl sites for hydroxylation is 1. The van der Waals surface area contributed by atoms with E-state index in [1.54, 1.807) is 6.07 Å². The summed E-state index contributed by atoms with van der Waals surface area (Å²) in [6.45, 7) is 0. The first-order valence-electron chi connectivity index (χ1n) is 11.1. The molecule has 4 aromatic rings. The molecule has 2 aliphatic rings. The maximum absolute atomic E-state index is 11.2. The lowest BCUT2D eigenvalue weighted by Gasteiger charge is -2.48. The van der Waals surface area contributed by atoms with Gasteiger partial charge in [0.25, 0.3) is 0 Å². The number of benzene rings is 1. The lowest BCUT2D eigenvalue weighted by Crippen LogP contribution is -2.46. The van der Waals surface area contributed by atoms with Crippen molar-refractivity contribution in [2.24, 2.45) is 11.3 Å². The molecule has 0 aliphatic heterocycles. The molecular formula is C24H26N6O2. The van der Waals surface area contributed by atoms with Crippen molar-refractivity contribution in [3.8, 4) is 0 Å². The van der Waals surface area contributed by atoms with E-state index in [2.05, 4.69) is 33.2 Å². The van der Waals surface area contributed by atoms with Gasteiger partial charge in [0.05, 0.1) is 23.0 Å². The molecule has 32 heavy (non-hydrogen) atoms. The van der Waals surface area contributed by atoms with Gasteiger partial charge in [-0.15, -0.1) is 0 Å². The summed E-state index contributed by atoms with van der Waals surface area (Å²) in [4.78, 5) is 12.9. The van der Waals surface area contributed by atoms with Gasteiger partial charge < -0.3 is 26.2 Å². The van der Waals surface area contributed by atoms with Gasteiger partial charge in [0, 0.05) is 17.0 Å².